The van der Waals surface area contributed by atoms with E-state index in [0.717, 1.165) is 0 Å². The van der Waals surface area contributed by atoms with Gasteiger partial charge in [-0.3, -0.25) is 4.79 Å². The highest BCUT2D eigenvalue weighted by atomic mass is 32.2. The first-order valence-corrected chi connectivity index (χ1v) is 8.90. The number of thioether (sulfide) groups is 1. The predicted molar refractivity (Wildman–Crippen MR) is 74.0 cm³/mol. The highest BCUT2D eigenvalue weighted by molar-refractivity contribution is 7.99. The van der Waals surface area contributed by atoms with Gasteiger partial charge in [0.05, 0.1) is 5.25 Å². The Balaban J connectivity index is 2.76. The van der Waals surface area contributed by atoms with Crippen LogP contribution in [0.25, 0.3) is 0 Å². The van der Waals surface area contributed by atoms with Crippen molar-refractivity contribution in [3.63, 3.8) is 0 Å². The van der Waals surface area contributed by atoms with Crippen LogP contribution >= 0.6 is 11.8 Å². The van der Waals surface area contributed by atoms with E-state index in [1.54, 1.807) is 11.8 Å². The second-order valence-electron chi connectivity index (χ2n) is 4.90. The van der Waals surface area contributed by atoms with Crippen molar-refractivity contribution < 1.29 is 23.1 Å². The molecule has 19 heavy (non-hydrogen) atoms. The van der Waals surface area contributed by atoms with Crippen LogP contribution in [0.1, 0.15) is 26.7 Å². The van der Waals surface area contributed by atoms with Gasteiger partial charge in [0, 0.05) is 0 Å². The quantitative estimate of drug-likeness (QED) is 0.756. The van der Waals surface area contributed by atoms with Crippen LogP contribution in [0.3, 0.4) is 0 Å². The lowest BCUT2D eigenvalue weighted by molar-refractivity contribution is -0.147. The molecule has 0 spiro atoms. The summed E-state index contributed by atoms with van der Waals surface area (Å²) in [5.74, 6) is -1.20. The summed E-state index contributed by atoms with van der Waals surface area (Å²) in [7, 11) is -3.51. The normalized spacial score (nSPS) is 19.1. The molecule has 0 atom stereocenters. The van der Waals surface area contributed by atoms with Crippen molar-refractivity contribution in [3.8, 4) is 0 Å². The smallest absolute Gasteiger partial charge is 0.329 e. The third-order valence-electron chi connectivity index (χ3n) is 3.18. The number of nitrogens with one attached hydrogen (secondary N) is 1. The lowest BCUT2D eigenvalue weighted by atomic mass is 9.92. The largest absolute Gasteiger partial charge is 0.480 e. The SMILES string of the molecule is CC(C)S(=O)(=O)CC(=O)NC1(C(=O)O)CCSCC1. The number of hydrogen-bond acceptors (Lipinski definition) is 5. The second kappa shape index (κ2) is 6.13. The van der Waals surface area contributed by atoms with Gasteiger partial charge in [-0.25, -0.2) is 13.2 Å². The molecule has 0 saturated carbocycles. The number of sulfone groups is 1. The molecule has 0 aromatic carbocycles. The average Bonchev–Trinajstić information content (AvgIpc) is 2.28. The van der Waals surface area contributed by atoms with Crippen molar-refractivity contribution in [1.29, 1.82) is 0 Å². The molecule has 0 aliphatic carbocycles. The zero-order chi connectivity index (χ0) is 14.7. The molecule has 2 N–H and O–H groups in total. The summed E-state index contributed by atoms with van der Waals surface area (Å²) in [5, 5.41) is 11.0. The maximum atomic E-state index is 11.8. The second-order valence-corrected chi connectivity index (χ2v) is 8.69. The number of carboxylic acid groups (broad SMARTS) is 1. The summed E-state index contributed by atoms with van der Waals surface area (Å²) < 4.78 is 23.3. The van der Waals surface area contributed by atoms with Gasteiger partial charge in [-0.05, 0) is 38.2 Å². The first-order chi connectivity index (χ1) is 8.69. The third-order valence-corrected chi connectivity index (χ3v) is 6.27. The molecule has 1 amide bonds. The fraction of sp³-hybridized carbons (Fsp3) is 0.818. The van der Waals surface area contributed by atoms with Crippen molar-refractivity contribution in [1.82, 2.24) is 5.32 Å². The van der Waals surface area contributed by atoms with Gasteiger partial charge in [-0.1, -0.05) is 0 Å². The molecule has 8 heteroatoms. The standard InChI is InChI=1S/C11H19NO5S2/c1-8(2)19(16,17)7-9(13)12-11(10(14)15)3-5-18-6-4-11/h8H,3-7H2,1-2H3,(H,12,13)(H,14,15). The van der Waals surface area contributed by atoms with E-state index in [0.29, 0.717) is 24.3 Å². The average molecular weight is 309 g/mol. The summed E-state index contributed by atoms with van der Waals surface area (Å²) in [6, 6.07) is 0. The van der Waals surface area contributed by atoms with Gasteiger partial charge in [0.2, 0.25) is 5.91 Å². The zero-order valence-electron chi connectivity index (χ0n) is 11.0. The maximum Gasteiger partial charge on any atom is 0.329 e. The predicted octanol–water partition coefficient (Wildman–Crippen LogP) is 0.276. The van der Waals surface area contributed by atoms with Gasteiger partial charge >= 0.3 is 5.97 Å². The first-order valence-electron chi connectivity index (χ1n) is 6.03. The van der Waals surface area contributed by atoms with Crippen molar-refractivity contribution in [2.75, 3.05) is 17.3 Å². The van der Waals surface area contributed by atoms with E-state index in [1.165, 1.54) is 13.8 Å². The minimum absolute atomic E-state index is 0.320. The number of aliphatic carboxylic acids is 1. The Labute approximate surface area is 117 Å². The van der Waals surface area contributed by atoms with Crippen LogP contribution in [0.15, 0.2) is 0 Å². The summed E-state index contributed by atoms with van der Waals surface area (Å²) in [5.41, 5.74) is -1.31. The summed E-state index contributed by atoms with van der Waals surface area (Å²) >= 11 is 1.63. The highest BCUT2D eigenvalue weighted by Crippen LogP contribution is 2.27. The lowest BCUT2D eigenvalue weighted by Gasteiger charge is -2.33. The van der Waals surface area contributed by atoms with Crippen LogP contribution in [-0.4, -0.2) is 53.4 Å². The number of carbonyl (C=O) groups excluding carboxylic acids is 1. The topological polar surface area (TPSA) is 101 Å². The van der Waals surface area contributed by atoms with E-state index in [9.17, 15) is 23.1 Å². The number of amides is 1. The van der Waals surface area contributed by atoms with Gasteiger partial charge < -0.3 is 10.4 Å². The van der Waals surface area contributed by atoms with E-state index >= 15 is 0 Å². The van der Waals surface area contributed by atoms with Gasteiger partial charge in [-0.2, -0.15) is 11.8 Å². The number of carboxylic acids is 1. The molecular weight excluding hydrogens is 290 g/mol. The van der Waals surface area contributed by atoms with Gasteiger partial charge in [-0.15, -0.1) is 0 Å². The fourth-order valence-electron chi connectivity index (χ4n) is 1.76. The number of carbonyl (C=O) groups is 2. The van der Waals surface area contributed by atoms with Gasteiger partial charge in [0.1, 0.15) is 11.3 Å². The van der Waals surface area contributed by atoms with Crippen LogP contribution < -0.4 is 5.32 Å². The monoisotopic (exact) mass is 309 g/mol. The summed E-state index contributed by atoms with van der Waals surface area (Å²) in [4.78, 5) is 23.1. The molecule has 6 nitrogen and oxygen atoms in total. The summed E-state index contributed by atoms with van der Waals surface area (Å²) in [6.07, 6.45) is 0.640. The Hall–Kier alpha value is -0.760. The Morgan fingerprint density at radius 2 is 1.84 bits per heavy atom. The lowest BCUT2D eigenvalue weighted by Crippen LogP contribution is -2.57. The van der Waals surface area contributed by atoms with E-state index in [2.05, 4.69) is 5.32 Å². The van der Waals surface area contributed by atoms with Crippen LogP contribution in [0.5, 0.6) is 0 Å². The molecule has 110 valence electrons. The van der Waals surface area contributed by atoms with Crippen LogP contribution in [0.4, 0.5) is 0 Å². The fourth-order valence-corrected chi connectivity index (χ4v) is 3.73. The van der Waals surface area contributed by atoms with Crippen molar-refractivity contribution >= 4 is 33.5 Å². The minimum atomic E-state index is -3.51. The molecular formula is C11H19NO5S2. The molecule has 1 fully saturated rings. The molecule has 0 bridgehead atoms. The van der Waals surface area contributed by atoms with Crippen molar-refractivity contribution in [2.24, 2.45) is 0 Å². The zero-order valence-corrected chi connectivity index (χ0v) is 12.6. The molecule has 1 saturated heterocycles. The Morgan fingerprint density at radius 1 is 1.32 bits per heavy atom. The molecule has 0 aromatic rings. The first kappa shape index (κ1) is 16.3. The summed E-state index contributed by atoms with van der Waals surface area (Å²) in [6.45, 7) is 2.99. The molecule has 0 radical (unpaired) electrons. The third kappa shape index (κ3) is 4.10. The molecule has 1 aliphatic rings. The number of rotatable bonds is 5. The van der Waals surface area contributed by atoms with Crippen LogP contribution in [0, 0.1) is 0 Å². The van der Waals surface area contributed by atoms with E-state index in [-0.39, 0.29) is 0 Å². The van der Waals surface area contributed by atoms with Crippen LogP contribution in [-0.2, 0) is 19.4 Å². The van der Waals surface area contributed by atoms with E-state index in [1.807, 2.05) is 0 Å². The Kier molecular flexibility index (Phi) is 5.26. The van der Waals surface area contributed by atoms with Gasteiger partial charge in [0.15, 0.2) is 9.84 Å². The molecule has 0 aromatic heterocycles. The molecule has 1 rings (SSSR count). The minimum Gasteiger partial charge on any atom is -0.480 e. The Bertz CT molecular complexity index is 452. The number of hydrogen-bond donors (Lipinski definition) is 2. The molecule has 0 unspecified atom stereocenters. The molecule has 1 heterocycles. The molecule has 1 aliphatic heterocycles. The van der Waals surface area contributed by atoms with E-state index < -0.39 is 38.3 Å². The Morgan fingerprint density at radius 3 is 2.26 bits per heavy atom. The van der Waals surface area contributed by atoms with Crippen molar-refractivity contribution in [2.45, 2.75) is 37.5 Å². The maximum absolute atomic E-state index is 11.8. The van der Waals surface area contributed by atoms with Crippen molar-refractivity contribution in [3.05, 3.63) is 0 Å². The van der Waals surface area contributed by atoms with E-state index in [4.69, 9.17) is 0 Å². The highest BCUT2D eigenvalue weighted by Gasteiger charge is 2.41. The van der Waals surface area contributed by atoms with Gasteiger partial charge in [0.25, 0.3) is 0 Å². The van der Waals surface area contributed by atoms with Crippen LogP contribution in [0.2, 0.25) is 0 Å².